The number of rotatable bonds is 7. The summed E-state index contributed by atoms with van der Waals surface area (Å²) in [4.78, 5) is 17.0. The minimum atomic E-state index is -1.03. The Kier molecular flexibility index (Phi) is 6.15. The fourth-order valence-electron chi connectivity index (χ4n) is 2.97. The molecule has 4 rings (SSSR count). The van der Waals surface area contributed by atoms with Gasteiger partial charge in [0.1, 0.15) is 10.7 Å². The van der Waals surface area contributed by atoms with E-state index in [4.69, 9.17) is 0 Å². The number of thiazole rings is 1. The maximum absolute atomic E-state index is 12.6. The van der Waals surface area contributed by atoms with Crippen molar-refractivity contribution in [2.75, 3.05) is 5.32 Å². The molecule has 1 atom stereocenters. The highest BCUT2D eigenvalue weighted by atomic mass is 32.2. The third kappa shape index (κ3) is 5.08. The number of anilines is 1. The zero-order chi connectivity index (χ0) is 20.9. The fraction of sp³-hybridized carbons (Fsp3) is 0.136. The van der Waals surface area contributed by atoms with E-state index in [-0.39, 0.29) is 5.91 Å². The molecule has 4 aromatic rings. The third-order valence-corrected chi connectivity index (χ3v) is 6.57. The molecule has 0 saturated carbocycles. The van der Waals surface area contributed by atoms with Crippen LogP contribution in [0.25, 0.3) is 10.6 Å². The van der Waals surface area contributed by atoms with Crippen LogP contribution in [0.3, 0.4) is 0 Å². The summed E-state index contributed by atoms with van der Waals surface area (Å²) in [5.41, 5.74) is 3.86. The third-order valence-electron chi connectivity index (χ3n) is 4.37. The summed E-state index contributed by atoms with van der Waals surface area (Å²) >= 11 is 1.40. The maximum Gasteiger partial charge on any atom is 0.275 e. The first-order chi connectivity index (χ1) is 14.6. The average Bonchev–Trinajstić information content (AvgIpc) is 3.38. The van der Waals surface area contributed by atoms with Crippen molar-refractivity contribution in [2.24, 2.45) is 7.05 Å². The Hall–Kier alpha value is -3.10. The summed E-state index contributed by atoms with van der Waals surface area (Å²) in [5.74, 6) is 0.664. The second kappa shape index (κ2) is 9.15. The molecule has 2 aromatic carbocycles. The second-order valence-electron chi connectivity index (χ2n) is 6.81. The van der Waals surface area contributed by atoms with Crippen LogP contribution in [0.15, 0.2) is 72.4 Å². The van der Waals surface area contributed by atoms with Gasteiger partial charge in [0.15, 0.2) is 0 Å². The standard InChI is InChI=1S/C22H20N4O2S2/c1-26-12-18(11-23-26)22-25-20(13-29-22)21(27)24-19-9-5-8-17(10-19)15-30(28)14-16-6-3-2-4-7-16/h2-13H,14-15H2,1H3,(H,24,27). The number of aryl methyl sites for hydroxylation is 1. The van der Waals surface area contributed by atoms with Crippen molar-refractivity contribution in [3.63, 3.8) is 0 Å². The van der Waals surface area contributed by atoms with Gasteiger partial charge in [-0.2, -0.15) is 5.10 Å². The van der Waals surface area contributed by atoms with Gasteiger partial charge < -0.3 is 5.32 Å². The average molecular weight is 437 g/mol. The molecule has 30 heavy (non-hydrogen) atoms. The van der Waals surface area contributed by atoms with Gasteiger partial charge in [0.2, 0.25) is 0 Å². The van der Waals surface area contributed by atoms with Crippen molar-refractivity contribution in [3.8, 4) is 10.6 Å². The Morgan fingerprint density at radius 2 is 1.87 bits per heavy atom. The minimum Gasteiger partial charge on any atom is -0.321 e. The van der Waals surface area contributed by atoms with Crippen LogP contribution in [0.5, 0.6) is 0 Å². The molecule has 1 unspecified atom stereocenters. The van der Waals surface area contributed by atoms with Gasteiger partial charge in [-0.25, -0.2) is 4.98 Å². The van der Waals surface area contributed by atoms with E-state index in [2.05, 4.69) is 15.4 Å². The van der Waals surface area contributed by atoms with Gasteiger partial charge in [0.05, 0.1) is 6.20 Å². The zero-order valence-corrected chi connectivity index (χ0v) is 18.0. The number of carbonyl (C=O) groups is 1. The normalized spacial score (nSPS) is 11.9. The van der Waals surface area contributed by atoms with E-state index in [1.165, 1.54) is 11.3 Å². The molecule has 0 aliphatic rings. The molecule has 0 fully saturated rings. The largest absolute Gasteiger partial charge is 0.321 e. The molecule has 0 saturated heterocycles. The van der Waals surface area contributed by atoms with Crippen LogP contribution in [0, 0.1) is 0 Å². The lowest BCUT2D eigenvalue weighted by Gasteiger charge is -2.07. The fourth-order valence-corrected chi connectivity index (χ4v) is 4.97. The Labute approximate surface area is 181 Å². The first-order valence-corrected chi connectivity index (χ1v) is 11.7. The number of nitrogens with one attached hydrogen (secondary N) is 1. The van der Waals surface area contributed by atoms with Crippen molar-refractivity contribution in [3.05, 3.63) is 89.2 Å². The number of aromatic nitrogens is 3. The molecule has 0 aliphatic heterocycles. The van der Waals surface area contributed by atoms with Crippen LogP contribution in [0.2, 0.25) is 0 Å². The van der Waals surface area contributed by atoms with Crippen molar-refractivity contribution in [1.82, 2.24) is 14.8 Å². The van der Waals surface area contributed by atoms with Crippen LogP contribution < -0.4 is 5.32 Å². The number of hydrogen-bond acceptors (Lipinski definition) is 5. The smallest absolute Gasteiger partial charge is 0.275 e. The van der Waals surface area contributed by atoms with Crippen molar-refractivity contribution < 1.29 is 9.00 Å². The maximum atomic E-state index is 12.6. The van der Waals surface area contributed by atoms with Crippen LogP contribution in [0.1, 0.15) is 21.6 Å². The van der Waals surface area contributed by atoms with Gasteiger partial charge in [-0.15, -0.1) is 11.3 Å². The predicted molar refractivity (Wildman–Crippen MR) is 121 cm³/mol. The van der Waals surface area contributed by atoms with Gasteiger partial charge in [-0.05, 0) is 23.3 Å². The topological polar surface area (TPSA) is 76.9 Å². The summed E-state index contributed by atoms with van der Waals surface area (Å²) < 4.78 is 14.2. The molecule has 1 N–H and O–H groups in total. The van der Waals surface area contributed by atoms with E-state index in [0.29, 0.717) is 22.9 Å². The quantitative estimate of drug-likeness (QED) is 0.470. The van der Waals surface area contributed by atoms with Crippen LogP contribution >= 0.6 is 11.3 Å². The molecule has 8 heteroatoms. The first-order valence-electron chi connectivity index (χ1n) is 9.30. The first kappa shape index (κ1) is 20.2. The molecule has 6 nitrogen and oxygen atoms in total. The highest BCUT2D eigenvalue weighted by molar-refractivity contribution is 7.83. The highest BCUT2D eigenvalue weighted by Gasteiger charge is 2.13. The SMILES string of the molecule is Cn1cc(-c2nc(C(=O)Nc3cccc(CS(=O)Cc4ccccc4)c3)cs2)cn1. The van der Waals surface area contributed by atoms with E-state index in [1.54, 1.807) is 16.3 Å². The highest BCUT2D eigenvalue weighted by Crippen LogP contribution is 2.23. The molecule has 0 bridgehead atoms. The summed E-state index contributed by atoms with van der Waals surface area (Å²) in [6.07, 6.45) is 3.58. The van der Waals surface area contributed by atoms with Gasteiger partial charge >= 0.3 is 0 Å². The Bertz CT molecular complexity index is 1180. The molecule has 152 valence electrons. The monoisotopic (exact) mass is 436 g/mol. The number of carbonyl (C=O) groups excluding carboxylic acids is 1. The van der Waals surface area contributed by atoms with E-state index < -0.39 is 10.8 Å². The molecule has 1 amide bonds. The van der Waals surface area contributed by atoms with E-state index in [1.807, 2.05) is 67.8 Å². The molecule has 2 aromatic heterocycles. The molecular weight excluding hydrogens is 416 g/mol. The van der Waals surface area contributed by atoms with Gasteiger partial charge in [0, 0.05) is 52.2 Å². The lowest BCUT2D eigenvalue weighted by Crippen LogP contribution is -2.12. The van der Waals surface area contributed by atoms with Crippen LogP contribution in [-0.2, 0) is 29.4 Å². The van der Waals surface area contributed by atoms with E-state index >= 15 is 0 Å². The molecule has 2 heterocycles. The Balaban J connectivity index is 1.40. The van der Waals surface area contributed by atoms with Crippen molar-refractivity contribution >= 4 is 33.7 Å². The number of hydrogen-bond donors (Lipinski definition) is 1. The van der Waals surface area contributed by atoms with Gasteiger partial charge in [-0.3, -0.25) is 13.7 Å². The zero-order valence-electron chi connectivity index (χ0n) is 16.3. The summed E-state index contributed by atoms with van der Waals surface area (Å²) in [7, 11) is 0.812. The summed E-state index contributed by atoms with van der Waals surface area (Å²) in [6.45, 7) is 0. The van der Waals surface area contributed by atoms with Crippen LogP contribution in [-0.4, -0.2) is 24.9 Å². The molecule has 0 radical (unpaired) electrons. The van der Waals surface area contributed by atoms with E-state index in [9.17, 15) is 9.00 Å². The molecule has 0 spiro atoms. The Morgan fingerprint density at radius 3 is 2.63 bits per heavy atom. The number of benzene rings is 2. The minimum absolute atomic E-state index is 0.274. The van der Waals surface area contributed by atoms with Crippen molar-refractivity contribution in [2.45, 2.75) is 11.5 Å². The van der Waals surface area contributed by atoms with E-state index in [0.717, 1.165) is 21.7 Å². The van der Waals surface area contributed by atoms with Gasteiger partial charge in [0.25, 0.3) is 5.91 Å². The molecular formula is C22H20N4O2S2. The van der Waals surface area contributed by atoms with Crippen molar-refractivity contribution in [1.29, 1.82) is 0 Å². The predicted octanol–water partition coefficient (Wildman–Crippen LogP) is 4.24. The lowest BCUT2D eigenvalue weighted by molar-refractivity contribution is 0.102. The Morgan fingerprint density at radius 1 is 1.10 bits per heavy atom. The summed E-state index contributed by atoms with van der Waals surface area (Å²) in [5, 5.41) is 9.49. The van der Waals surface area contributed by atoms with Crippen LogP contribution in [0.4, 0.5) is 5.69 Å². The second-order valence-corrected chi connectivity index (χ2v) is 9.12. The molecule has 0 aliphatic carbocycles. The van der Waals surface area contributed by atoms with Gasteiger partial charge in [-0.1, -0.05) is 42.5 Å². The lowest BCUT2D eigenvalue weighted by atomic mass is 10.2. The summed E-state index contributed by atoms with van der Waals surface area (Å²) in [6, 6.07) is 17.2. The number of nitrogens with zero attached hydrogens (tertiary/aromatic N) is 3. The number of amides is 1.